The molecule has 8 atom stereocenters. The SMILES string of the molecule is CSCC[C@H](NC(=O)[C@H](CCCCNC(=O)OC(C)(C)C)NC(=O)[C@@H]1CCCN1C(=O)[C@@H](N)COC(C)(C)C)C(=O)N[C@H](C(=O)N[C@@H](CCC(=O)NC(c1ccccc1)(c1ccccc1)c1ccccc1)C(=O)NCC(=O)N[C@@H](COC(C)(C)C)C(=O)NCC(=O)N(CCSC(c1ccccc1)(c1ccccc1)c1ccccc1)c1ccc(C(=O)NC(=O)[C@H](C)N)cc1)C(C)C. The molecule has 0 aliphatic carbocycles. The predicted molar refractivity (Wildman–Crippen MR) is 509 cm³/mol. The molecule has 1 saturated heterocycles. The van der Waals surface area contributed by atoms with E-state index >= 15 is 19.2 Å². The summed E-state index contributed by atoms with van der Waals surface area (Å²) in [6.45, 7) is 19.0. The first-order chi connectivity index (χ1) is 62.2. The van der Waals surface area contributed by atoms with Crippen molar-refractivity contribution in [3.05, 3.63) is 245 Å². The van der Waals surface area contributed by atoms with Gasteiger partial charge in [0.15, 0.2) is 0 Å². The second-order valence-electron chi connectivity index (χ2n) is 35.6. The fraction of sp³-hybridized carbons (Fsp3) is 0.444. The van der Waals surface area contributed by atoms with E-state index in [0.29, 0.717) is 46.7 Å². The zero-order chi connectivity index (χ0) is 95.6. The van der Waals surface area contributed by atoms with Gasteiger partial charge in [0.05, 0.1) is 48.3 Å². The minimum absolute atomic E-state index is 0.00871. The maximum Gasteiger partial charge on any atom is 0.407 e. The van der Waals surface area contributed by atoms with Crippen molar-refractivity contribution < 1.29 is 76.5 Å². The number of nitrogens with zero attached hydrogens (tertiary/aromatic N) is 2. The van der Waals surface area contributed by atoms with Crippen LogP contribution in [0.1, 0.15) is 178 Å². The van der Waals surface area contributed by atoms with Crippen LogP contribution in [-0.2, 0) is 77.2 Å². The van der Waals surface area contributed by atoms with Gasteiger partial charge in [-0.2, -0.15) is 11.8 Å². The molecule has 1 aliphatic rings. The first kappa shape index (κ1) is 105. The Labute approximate surface area is 777 Å². The second kappa shape index (κ2) is 50.0. The summed E-state index contributed by atoms with van der Waals surface area (Å²) in [5, 5.41) is 27.5. The molecule has 704 valence electrons. The Balaban J connectivity index is 1.05. The molecule has 14 N–H and O–H groups in total. The maximum absolute atomic E-state index is 15.2. The van der Waals surface area contributed by atoms with Crippen molar-refractivity contribution in [2.24, 2.45) is 17.4 Å². The Morgan fingerprint density at radius 2 is 0.954 bits per heavy atom. The van der Waals surface area contributed by atoms with Crippen LogP contribution in [0.2, 0.25) is 0 Å². The number of imide groups is 1. The molecular formula is C99H130N14O16S2. The lowest BCUT2D eigenvalue weighted by atomic mass is 9.77. The van der Waals surface area contributed by atoms with E-state index in [1.165, 1.54) is 40.6 Å². The summed E-state index contributed by atoms with van der Waals surface area (Å²) in [6, 6.07) is 53.4. The number of hydrogen-bond donors (Lipinski definition) is 12. The third kappa shape index (κ3) is 31.7. The van der Waals surface area contributed by atoms with Crippen molar-refractivity contribution in [3.8, 4) is 0 Å². The van der Waals surface area contributed by atoms with Crippen molar-refractivity contribution in [1.82, 2.24) is 58.1 Å². The summed E-state index contributed by atoms with van der Waals surface area (Å²) in [6.07, 6.45) is 1.68. The van der Waals surface area contributed by atoms with Gasteiger partial charge in [-0.3, -0.25) is 62.9 Å². The minimum atomic E-state index is -1.63. The summed E-state index contributed by atoms with van der Waals surface area (Å²) >= 11 is 2.95. The zero-order valence-electron chi connectivity index (χ0n) is 77.2. The van der Waals surface area contributed by atoms with Crippen LogP contribution >= 0.6 is 23.5 Å². The third-order valence-corrected chi connectivity index (χ3v) is 23.7. The summed E-state index contributed by atoms with van der Waals surface area (Å²) in [7, 11) is 0. The van der Waals surface area contributed by atoms with Gasteiger partial charge in [-0.1, -0.05) is 196 Å². The number of nitrogens with one attached hydrogen (secondary N) is 10. The summed E-state index contributed by atoms with van der Waals surface area (Å²) in [5.41, 5.74) is 13.9. The summed E-state index contributed by atoms with van der Waals surface area (Å²) in [4.78, 5) is 189. The number of ether oxygens (including phenoxy) is 3. The Bertz CT molecular complexity index is 4740. The quantitative estimate of drug-likeness (QED) is 0.0125. The van der Waals surface area contributed by atoms with Gasteiger partial charge in [0.1, 0.15) is 53.4 Å². The van der Waals surface area contributed by atoms with E-state index in [4.69, 9.17) is 25.7 Å². The van der Waals surface area contributed by atoms with Gasteiger partial charge in [0.2, 0.25) is 65.0 Å². The first-order valence-corrected chi connectivity index (χ1v) is 46.8. The zero-order valence-corrected chi connectivity index (χ0v) is 78.9. The van der Waals surface area contributed by atoms with Gasteiger partial charge >= 0.3 is 6.09 Å². The van der Waals surface area contributed by atoms with Crippen LogP contribution in [0.5, 0.6) is 0 Å². The normalized spacial score (nSPS) is 14.5. The number of thioether (sulfide) groups is 2. The van der Waals surface area contributed by atoms with E-state index in [9.17, 15) is 43.2 Å². The van der Waals surface area contributed by atoms with Gasteiger partial charge in [-0.25, -0.2) is 4.79 Å². The average Bonchev–Trinajstić information content (AvgIpc) is 1.09. The van der Waals surface area contributed by atoms with Crippen molar-refractivity contribution >= 4 is 106 Å². The Kier molecular flexibility index (Phi) is 39.9. The highest BCUT2D eigenvalue weighted by molar-refractivity contribution is 8.00. The largest absolute Gasteiger partial charge is 0.444 e. The molecule has 1 aliphatic heterocycles. The van der Waals surface area contributed by atoms with Gasteiger partial charge in [-0.15, -0.1) is 11.8 Å². The third-order valence-electron chi connectivity index (χ3n) is 21.5. The predicted octanol–water partition coefficient (Wildman–Crippen LogP) is 8.95. The van der Waals surface area contributed by atoms with Crippen LogP contribution in [0.4, 0.5) is 10.5 Å². The number of benzene rings is 7. The van der Waals surface area contributed by atoms with E-state index in [2.05, 4.69) is 53.2 Å². The number of hydrogen-bond acceptors (Lipinski definition) is 20. The van der Waals surface area contributed by atoms with Crippen LogP contribution in [-0.4, -0.2) is 211 Å². The lowest BCUT2D eigenvalue weighted by Crippen LogP contribution is -2.60. The van der Waals surface area contributed by atoms with Crippen molar-refractivity contribution in [1.29, 1.82) is 0 Å². The number of alkyl carbamates (subject to hydrolysis) is 1. The molecule has 7 aromatic rings. The number of carbonyl (C=O) groups excluding carboxylic acids is 13. The molecule has 13 amide bonds. The first-order valence-electron chi connectivity index (χ1n) is 44.4. The highest BCUT2D eigenvalue weighted by Gasteiger charge is 2.43. The molecule has 1 heterocycles. The van der Waals surface area contributed by atoms with Crippen LogP contribution in [0.3, 0.4) is 0 Å². The van der Waals surface area contributed by atoms with E-state index in [-0.39, 0.29) is 57.5 Å². The van der Waals surface area contributed by atoms with E-state index in [0.717, 1.165) is 16.7 Å². The fourth-order valence-corrected chi connectivity index (χ4v) is 16.8. The van der Waals surface area contributed by atoms with Crippen LogP contribution in [0.25, 0.3) is 0 Å². The highest BCUT2D eigenvalue weighted by Crippen LogP contribution is 2.49. The molecule has 30 nitrogen and oxygen atoms in total. The molecule has 7 aromatic carbocycles. The number of carbonyl (C=O) groups is 13. The molecule has 0 spiro atoms. The number of unbranched alkanes of at least 4 members (excludes halogenated alkanes) is 1. The smallest absolute Gasteiger partial charge is 0.407 e. The molecule has 1 fully saturated rings. The Morgan fingerprint density at radius 3 is 1.45 bits per heavy atom. The standard InChI is InChI=1S/C99H130N14O16S2/c1-65(2)84(109-90(122)78(55-59-130-13)106-89(121)76(47-32-33-56-102-94(126)129-97(10,11)12)107-91(123)80-48-34-57-113(80)93(125)75(101)63-127-95(4,5)6)92(124)108-77(53-54-81(114)111-98(68-35-20-14-21-36-68,69-37-22-15-23-38-69)70-39-24-16-25-40-70)87(119)103-61-82(115)105-79(64-128-96(7,8)9)88(120)104-62-83(116)112(74-51-49-67(50-52-74)86(118)110-85(117)66(3)100)58-60-131-99(71-41-26-17-27-42-71,72-43-28-18-29-44-72)73-45-30-19-31-46-73/h14-31,35-46,49-52,65-66,75-80,84H,32-34,47-48,53-64,100-101H2,1-13H3,(H,102,126)(H,103,119)(H,104,120)(H,105,115)(H,106,121)(H,107,123)(H,108,124)(H,109,122)(H,111,114)(H,110,117,118)/t66-,75-,76-,77-,78-,79-,80-,84-/m0/s1. The van der Waals surface area contributed by atoms with Gasteiger partial charge in [-0.05, 0) is 190 Å². The molecular weight excluding hydrogens is 1710 g/mol. The number of amides is 13. The van der Waals surface area contributed by atoms with Crippen molar-refractivity contribution in [2.75, 3.05) is 68.6 Å². The maximum atomic E-state index is 15.2. The second-order valence-corrected chi connectivity index (χ2v) is 37.9. The van der Waals surface area contributed by atoms with Gasteiger partial charge < -0.3 is 83.3 Å². The monoisotopic (exact) mass is 1830 g/mol. The summed E-state index contributed by atoms with van der Waals surface area (Å²) < 4.78 is 16.5. The lowest BCUT2D eigenvalue weighted by molar-refractivity contribution is -0.142. The summed E-state index contributed by atoms with van der Waals surface area (Å²) in [5.74, 6) is -9.07. The van der Waals surface area contributed by atoms with E-state index < -0.39 is 191 Å². The topological polar surface area (TPSA) is 428 Å². The van der Waals surface area contributed by atoms with Crippen LogP contribution in [0, 0.1) is 5.92 Å². The number of nitrogens with two attached hydrogens (primary N) is 2. The molecule has 131 heavy (non-hydrogen) atoms. The van der Waals surface area contributed by atoms with Crippen molar-refractivity contribution in [3.63, 3.8) is 0 Å². The van der Waals surface area contributed by atoms with Gasteiger partial charge in [0, 0.05) is 43.1 Å². The molecule has 0 bridgehead atoms. The minimum Gasteiger partial charge on any atom is -0.444 e. The number of likely N-dealkylation sites (tertiary alicyclic amines) is 1. The van der Waals surface area contributed by atoms with E-state index in [1.807, 2.05) is 203 Å². The van der Waals surface area contributed by atoms with Crippen molar-refractivity contribution in [2.45, 2.75) is 210 Å². The lowest BCUT2D eigenvalue weighted by Gasteiger charge is -2.37. The molecule has 0 saturated carbocycles. The fourth-order valence-electron chi connectivity index (χ4n) is 14.8. The molecule has 0 aromatic heterocycles. The highest BCUT2D eigenvalue weighted by atomic mass is 32.2. The number of anilines is 1. The Hall–Kier alpha value is -11.8. The average molecular weight is 1840 g/mol. The van der Waals surface area contributed by atoms with Crippen LogP contribution < -0.4 is 69.5 Å². The number of rotatable bonds is 46. The molecule has 0 unspecified atom stereocenters. The molecule has 8 rings (SSSR count). The Morgan fingerprint density at radius 1 is 0.481 bits per heavy atom. The molecule has 0 radical (unpaired) electrons. The van der Waals surface area contributed by atoms with Crippen LogP contribution in [0.15, 0.2) is 206 Å². The van der Waals surface area contributed by atoms with E-state index in [1.54, 1.807) is 85.5 Å². The molecule has 32 heteroatoms. The van der Waals surface area contributed by atoms with Gasteiger partial charge in [0.25, 0.3) is 5.91 Å².